The molecule has 1 fully saturated rings. The summed E-state index contributed by atoms with van der Waals surface area (Å²) in [5.74, 6) is -0.824. The number of alkyl halides is 3. The third kappa shape index (κ3) is 4.61. The molecule has 8 heteroatoms. The van der Waals surface area contributed by atoms with Crippen LogP contribution in [0.1, 0.15) is 25.3 Å². The van der Waals surface area contributed by atoms with E-state index < -0.39 is 23.4 Å². The van der Waals surface area contributed by atoms with Crippen molar-refractivity contribution in [2.75, 3.05) is 11.9 Å². The fourth-order valence-corrected chi connectivity index (χ4v) is 2.14. The van der Waals surface area contributed by atoms with Gasteiger partial charge in [-0.2, -0.15) is 13.2 Å². The van der Waals surface area contributed by atoms with Crippen LogP contribution in [0.5, 0.6) is 5.75 Å². The number of carbonyl (C=O) groups excluding carboxylic acids is 2. The van der Waals surface area contributed by atoms with Gasteiger partial charge in [-0.25, -0.2) is 0 Å². The van der Waals surface area contributed by atoms with E-state index >= 15 is 0 Å². The van der Waals surface area contributed by atoms with Crippen LogP contribution in [0.4, 0.5) is 18.9 Å². The van der Waals surface area contributed by atoms with Crippen molar-refractivity contribution < 1.29 is 27.9 Å². The SMILES string of the molecule is C[C@@H]1C[C@@H]1C(=O)NCCC(=O)Nc1cc(C(F)(F)F)ccc1O. The Morgan fingerprint density at radius 2 is 2.00 bits per heavy atom. The van der Waals surface area contributed by atoms with Crippen LogP contribution < -0.4 is 10.6 Å². The zero-order valence-electron chi connectivity index (χ0n) is 12.4. The van der Waals surface area contributed by atoms with E-state index in [9.17, 15) is 27.9 Å². The predicted octanol–water partition coefficient (Wildman–Crippen LogP) is 2.51. The van der Waals surface area contributed by atoms with Crippen LogP contribution in [0.2, 0.25) is 0 Å². The lowest BCUT2D eigenvalue weighted by atomic mass is 10.1. The minimum Gasteiger partial charge on any atom is -0.506 e. The monoisotopic (exact) mass is 330 g/mol. The first-order valence-electron chi connectivity index (χ1n) is 7.16. The highest BCUT2D eigenvalue weighted by Crippen LogP contribution is 2.37. The quantitative estimate of drug-likeness (QED) is 0.726. The third-order valence-corrected chi connectivity index (χ3v) is 3.70. The molecule has 0 aromatic heterocycles. The Kier molecular flexibility index (Phi) is 4.82. The van der Waals surface area contributed by atoms with Gasteiger partial charge in [-0.05, 0) is 30.5 Å². The molecule has 23 heavy (non-hydrogen) atoms. The van der Waals surface area contributed by atoms with Crippen molar-refractivity contribution >= 4 is 17.5 Å². The second-order valence-corrected chi connectivity index (χ2v) is 5.64. The van der Waals surface area contributed by atoms with Crippen molar-refractivity contribution in [1.29, 1.82) is 0 Å². The van der Waals surface area contributed by atoms with Crippen LogP contribution in [0.25, 0.3) is 0 Å². The molecule has 1 aliphatic carbocycles. The summed E-state index contributed by atoms with van der Waals surface area (Å²) in [6.45, 7) is 2.04. The Bertz CT molecular complexity index is 616. The Balaban J connectivity index is 1.86. The topological polar surface area (TPSA) is 78.4 Å². The normalized spacial score (nSPS) is 20.0. The first-order valence-corrected chi connectivity index (χ1v) is 7.16. The van der Waals surface area contributed by atoms with Crippen molar-refractivity contribution in [3.05, 3.63) is 23.8 Å². The highest BCUT2D eigenvalue weighted by molar-refractivity contribution is 5.92. The number of hydrogen-bond donors (Lipinski definition) is 3. The van der Waals surface area contributed by atoms with E-state index in [1.807, 2.05) is 6.92 Å². The second-order valence-electron chi connectivity index (χ2n) is 5.64. The predicted molar refractivity (Wildman–Crippen MR) is 76.6 cm³/mol. The Labute approximate surface area is 130 Å². The number of rotatable bonds is 5. The molecule has 0 bridgehead atoms. The molecule has 5 nitrogen and oxygen atoms in total. The average molecular weight is 330 g/mol. The summed E-state index contributed by atoms with van der Waals surface area (Å²) in [6, 6.07) is 2.26. The zero-order chi connectivity index (χ0) is 17.2. The molecule has 1 aromatic carbocycles. The van der Waals surface area contributed by atoms with Crippen molar-refractivity contribution in [3.63, 3.8) is 0 Å². The molecule has 0 spiro atoms. The van der Waals surface area contributed by atoms with Crippen LogP contribution in [0.15, 0.2) is 18.2 Å². The molecule has 0 saturated heterocycles. The molecule has 1 aromatic rings. The molecule has 0 unspecified atom stereocenters. The van der Waals surface area contributed by atoms with Crippen molar-refractivity contribution in [1.82, 2.24) is 5.32 Å². The maximum atomic E-state index is 12.6. The summed E-state index contributed by atoms with van der Waals surface area (Å²) < 4.78 is 37.8. The number of carbonyl (C=O) groups is 2. The third-order valence-electron chi connectivity index (χ3n) is 3.70. The van der Waals surface area contributed by atoms with Gasteiger partial charge in [0.1, 0.15) is 5.75 Å². The lowest BCUT2D eigenvalue weighted by Gasteiger charge is -2.12. The summed E-state index contributed by atoms with van der Waals surface area (Å²) >= 11 is 0. The Hall–Kier alpha value is -2.25. The first kappa shape index (κ1) is 17.1. The largest absolute Gasteiger partial charge is 0.506 e. The Morgan fingerprint density at radius 3 is 2.57 bits per heavy atom. The molecule has 1 saturated carbocycles. The van der Waals surface area contributed by atoms with Crippen LogP contribution in [-0.2, 0) is 15.8 Å². The highest BCUT2D eigenvalue weighted by Gasteiger charge is 2.38. The van der Waals surface area contributed by atoms with Gasteiger partial charge in [-0.15, -0.1) is 0 Å². The molecule has 1 aliphatic rings. The molecule has 0 radical (unpaired) electrons. The highest BCUT2D eigenvalue weighted by atomic mass is 19.4. The smallest absolute Gasteiger partial charge is 0.416 e. The summed E-state index contributed by atoms with van der Waals surface area (Å²) in [5, 5.41) is 14.3. The van der Waals surface area contributed by atoms with E-state index in [1.54, 1.807) is 0 Å². The van der Waals surface area contributed by atoms with Gasteiger partial charge in [0.2, 0.25) is 11.8 Å². The number of benzene rings is 1. The molecule has 126 valence electrons. The van der Waals surface area contributed by atoms with Crippen LogP contribution in [0.3, 0.4) is 0 Å². The second kappa shape index (κ2) is 6.47. The minimum atomic E-state index is -4.57. The van der Waals surface area contributed by atoms with Gasteiger partial charge >= 0.3 is 6.18 Å². The molecule has 2 atom stereocenters. The van der Waals surface area contributed by atoms with E-state index in [4.69, 9.17) is 0 Å². The number of aromatic hydroxyl groups is 1. The fraction of sp³-hybridized carbons (Fsp3) is 0.467. The fourth-order valence-electron chi connectivity index (χ4n) is 2.14. The van der Waals surface area contributed by atoms with E-state index in [2.05, 4.69) is 10.6 Å². The number of phenols is 1. The van der Waals surface area contributed by atoms with Gasteiger partial charge in [0, 0.05) is 18.9 Å². The summed E-state index contributed by atoms with van der Waals surface area (Å²) in [4.78, 5) is 23.3. The Morgan fingerprint density at radius 1 is 1.35 bits per heavy atom. The van der Waals surface area contributed by atoms with Crippen molar-refractivity contribution in [3.8, 4) is 5.75 Å². The number of anilines is 1. The molecular weight excluding hydrogens is 313 g/mol. The number of hydrogen-bond acceptors (Lipinski definition) is 3. The van der Waals surface area contributed by atoms with E-state index in [-0.39, 0.29) is 30.5 Å². The standard InChI is InChI=1S/C15H17F3N2O3/c1-8-6-10(8)14(23)19-5-4-13(22)20-11-7-9(15(16,17)18)2-3-12(11)21/h2-3,7-8,10,21H,4-6H2,1H3,(H,19,23)(H,20,22)/t8-,10+/m1/s1. The van der Waals surface area contributed by atoms with Gasteiger partial charge < -0.3 is 15.7 Å². The summed E-state index contributed by atoms with van der Waals surface area (Å²) in [5.41, 5.74) is -1.28. The summed E-state index contributed by atoms with van der Waals surface area (Å²) in [7, 11) is 0. The van der Waals surface area contributed by atoms with Gasteiger partial charge in [-0.3, -0.25) is 9.59 Å². The van der Waals surface area contributed by atoms with Crippen molar-refractivity contribution in [2.24, 2.45) is 11.8 Å². The minimum absolute atomic E-state index is 0.00873. The number of nitrogens with one attached hydrogen (secondary N) is 2. The van der Waals surface area contributed by atoms with E-state index in [0.29, 0.717) is 12.0 Å². The maximum absolute atomic E-state index is 12.6. The molecule has 2 rings (SSSR count). The van der Waals surface area contributed by atoms with Crippen LogP contribution in [-0.4, -0.2) is 23.5 Å². The van der Waals surface area contributed by atoms with E-state index in [1.165, 1.54) is 0 Å². The van der Waals surface area contributed by atoms with Crippen LogP contribution in [0, 0.1) is 11.8 Å². The summed E-state index contributed by atoms with van der Waals surface area (Å²) in [6.07, 6.45) is -3.83. The molecule has 3 N–H and O–H groups in total. The molecular formula is C15H17F3N2O3. The zero-order valence-corrected chi connectivity index (χ0v) is 12.4. The first-order chi connectivity index (χ1) is 10.7. The molecule has 0 aliphatic heterocycles. The number of amides is 2. The lowest BCUT2D eigenvalue weighted by Crippen LogP contribution is -2.29. The van der Waals surface area contributed by atoms with Gasteiger partial charge in [0.25, 0.3) is 0 Å². The van der Waals surface area contributed by atoms with Crippen molar-refractivity contribution in [2.45, 2.75) is 25.9 Å². The average Bonchev–Trinajstić information content (AvgIpc) is 3.17. The van der Waals surface area contributed by atoms with Crippen LogP contribution >= 0.6 is 0 Å². The van der Waals surface area contributed by atoms with E-state index in [0.717, 1.165) is 18.6 Å². The molecule has 0 heterocycles. The number of phenolic OH excluding ortho intramolecular Hbond substituents is 1. The van der Waals surface area contributed by atoms with Gasteiger partial charge in [0.15, 0.2) is 0 Å². The van der Waals surface area contributed by atoms with Gasteiger partial charge in [0.05, 0.1) is 11.3 Å². The maximum Gasteiger partial charge on any atom is 0.416 e. The number of halogens is 3. The molecule has 2 amide bonds. The lowest BCUT2D eigenvalue weighted by molar-refractivity contribution is -0.137. The van der Waals surface area contributed by atoms with Gasteiger partial charge in [-0.1, -0.05) is 6.92 Å².